The molecule has 11 amide bonds. The van der Waals surface area contributed by atoms with E-state index in [1.54, 1.807) is 38.1 Å². The molecule has 1 aromatic carbocycles. The van der Waals surface area contributed by atoms with Gasteiger partial charge in [0.2, 0.25) is 65.0 Å². The summed E-state index contributed by atoms with van der Waals surface area (Å²) in [6, 6.07) is -2.84. The van der Waals surface area contributed by atoms with Crippen LogP contribution in [0, 0.1) is 5.92 Å². The zero-order chi connectivity index (χ0) is 53.5. The number of carbonyl (C=O) groups excluding carboxylic acids is 11. The molecule has 0 unspecified atom stereocenters. The number of nitrogens with one attached hydrogen (secondary N) is 8. The SMILES string of the molecule is CCOc1ccc(C[C@H]2NC(=O)CCSSC[C@@H](C(=O)N3CCC[C@H]3C(=O)N[C@@H](CCCN)C(=O)NCC(=O)NCC(N)=O)NC(=O)[C@H](CC(N)=O)NC(=O)[C@H]([C@@H](C)O)NC(=O)[C@H]([C@@H](C)CC)NC2=O)cc1. The van der Waals surface area contributed by atoms with Crippen molar-refractivity contribution in [1.29, 1.82) is 0 Å². The summed E-state index contributed by atoms with van der Waals surface area (Å²) < 4.78 is 5.54. The molecule has 25 nitrogen and oxygen atoms in total. The first-order valence-electron chi connectivity index (χ1n) is 23.8. The lowest BCUT2D eigenvalue weighted by Gasteiger charge is -2.31. The number of rotatable bonds is 20. The number of amides is 11. The van der Waals surface area contributed by atoms with Crippen molar-refractivity contribution in [2.24, 2.45) is 23.1 Å². The molecule has 2 fully saturated rings. The van der Waals surface area contributed by atoms with Crippen LogP contribution >= 0.6 is 21.6 Å². The molecule has 2 aliphatic heterocycles. The summed E-state index contributed by atoms with van der Waals surface area (Å²) in [4.78, 5) is 148. The predicted molar refractivity (Wildman–Crippen MR) is 266 cm³/mol. The highest BCUT2D eigenvalue weighted by Gasteiger charge is 2.41. The molecule has 0 aromatic heterocycles. The summed E-state index contributed by atoms with van der Waals surface area (Å²) in [7, 11) is 2.24. The van der Waals surface area contributed by atoms with Crippen molar-refractivity contribution in [3.63, 3.8) is 0 Å². The Hall–Kier alpha value is -6.19. The maximum absolute atomic E-state index is 14.5. The summed E-state index contributed by atoms with van der Waals surface area (Å²) in [5.74, 6) is -9.03. The van der Waals surface area contributed by atoms with Gasteiger partial charge in [-0.15, -0.1) is 0 Å². The second-order valence-corrected chi connectivity index (χ2v) is 19.9. The van der Waals surface area contributed by atoms with Crippen LogP contribution in [0.1, 0.15) is 78.2 Å². The Morgan fingerprint density at radius 1 is 0.833 bits per heavy atom. The van der Waals surface area contributed by atoms with Gasteiger partial charge in [-0.3, -0.25) is 52.7 Å². The third-order valence-corrected chi connectivity index (χ3v) is 14.0. The Kier molecular flexibility index (Phi) is 25.6. The number of aliphatic hydroxyl groups is 1. The highest BCUT2D eigenvalue weighted by Crippen LogP contribution is 2.26. The lowest BCUT2D eigenvalue weighted by molar-refractivity contribution is -0.142. The van der Waals surface area contributed by atoms with Crippen LogP contribution in [0.25, 0.3) is 0 Å². The van der Waals surface area contributed by atoms with Gasteiger partial charge >= 0.3 is 0 Å². The van der Waals surface area contributed by atoms with E-state index in [1.807, 2.05) is 6.92 Å². The van der Waals surface area contributed by atoms with E-state index in [2.05, 4.69) is 42.5 Å². The fraction of sp³-hybridized carbons (Fsp3) is 0.622. The molecule has 9 atom stereocenters. The van der Waals surface area contributed by atoms with Crippen LogP contribution in [0.3, 0.4) is 0 Å². The van der Waals surface area contributed by atoms with Crippen LogP contribution in [-0.2, 0) is 59.2 Å². The normalized spacial score (nSPS) is 23.0. The number of hydrogen-bond donors (Lipinski definition) is 12. The van der Waals surface area contributed by atoms with Crippen LogP contribution in [0.15, 0.2) is 24.3 Å². The molecule has 2 aliphatic rings. The lowest BCUT2D eigenvalue weighted by atomic mass is 9.96. The number of nitrogens with two attached hydrogens (primary N) is 3. The van der Waals surface area contributed by atoms with Gasteiger partial charge in [0.15, 0.2) is 0 Å². The van der Waals surface area contributed by atoms with Gasteiger partial charge in [-0.25, -0.2) is 0 Å². The summed E-state index contributed by atoms with van der Waals surface area (Å²) >= 11 is 0. The smallest absolute Gasteiger partial charge is 0.246 e. The molecule has 27 heteroatoms. The van der Waals surface area contributed by atoms with E-state index < -0.39 is 139 Å². The minimum atomic E-state index is -1.75. The number of benzene rings is 1. The van der Waals surface area contributed by atoms with Gasteiger partial charge in [-0.1, -0.05) is 54.0 Å². The summed E-state index contributed by atoms with van der Waals surface area (Å²) in [5, 5.41) is 30.9. The Morgan fingerprint density at radius 2 is 1.50 bits per heavy atom. The first-order valence-corrected chi connectivity index (χ1v) is 26.2. The van der Waals surface area contributed by atoms with Gasteiger partial charge < -0.3 is 74.5 Å². The molecule has 0 saturated carbocycles. The van der Waals surface area contributed by atoms with E-state index in [4.69, 9.17) is 21.9 Å². The van der Waals surface area contributed by atoms with E-state index >= 15 is 0 Å². The Balaban J connectivity index is 1.96. The number of aliphatic hydroxyl groups excluding tert-OH is 1. The van der Waals surface area contributed by atoms with Crippen LogP contribution < -0.4 is 64.5 Å². The molecular formula is C45H70N12O13S2. The Labute approximate surface area is 425 Å². The summed E-state index contributed by atoms with van der Waals surface area (Å²) in [6.07, 6.45) is -1.28. The quantitative estimate of drug-likeness (QED) is 0.0555. The molecule has 0 radical (unpaired) electrons. The average Bonchev–Trinajstić information content (AvgIpc) is 3.83. The summed E-state index contributed by atoms with van der Waals surface area (Å²) in [6.45, 7) is 6.10. The third kappa shape index (κ3) is 19.8. The first-order chi connectivity index (χ1) is 34.2. The fourth-order valence-electron chi connectivity index (χ4n) is 7.53. The van der Waals surface area contributed by atoms with E-state index in [9.17, 15) is 57.8 Å². The van der Waals surface area contributed by atoms with Crippen LogP contribution in [-0.4, -0.2) is 168 Å². The Morgan fingerprint density at radius 3 is 2.12 bits per heavy atom. The molecule has 0 bridgehead atoms. The molecule has 2 saturated heterocycles. The number of likely N-dealkylation sites (tertiary alicyclic amines) is 1. The zero-order valence-electron chi connectivity index (χ0n) is 41.0. The minimum Gasteiger partial charge on any atom is -0.494 e. The van der Waals surface area contributed by atoms with Crippen molar-refractivity contribution < 1.29 is 62.6 Å². The molecular weight excluding hydrogens is 981 g/mol. The van der Waals surface area contributed by atoms with Gasteiger partial charge in [0.1, 0.15) is 48.0 Å². The van der Waals surface area contributed by atoms with E-state index in [1.165, 1.54) is 11.8 Å². The van der Waals surface area contributed by atoms with Crippen LogP contribution in [0.4, 0.5) is 0 Å². The average molecular weight is 1050 g/mol. The van der Waals surface area contributed by atoms with Crippen molar-refractivity contribution in [1.82, 2.24) is 47.4 Å². The maximum Gasteiger partial charge on any atom is 0.246 e. The third-order valence-electron chi connectivity index (χ3n) is 11.6. The van der Waals surface area contributed by atoms with E-state index in [0.29, 0.717) is 30.8 Å². The lowest BCUT2D eigenvalue weighted by Crippen LogP contribution is -2.63. The molecule has 400 valence electrons. The summed E-state index contributed by atoms with van der Waals surface area (Å²) in [5.41, 5.74) is 16.9. The van der Waals surface area contributed by atoms with Crippen molar-refractivity contribution in [2.75, 3.05) is 44.3 Å². The highest BCUT2D eigenvalue weighted by molar-refractivity contribution is 8.76. The molecule has 1 aromatic rings. The molecule has 72 heavy (non-hydrogen) atoms. The first kappa shape index (κ1) is 60.1. The van der Waals surface area contributed by atoms with Gasteiger partial charge in [0, 0.05) is 30.9 Å². The number of ether oxygens (including phenoxy) is 1. The van der Waals surface area contributed by atoms with E-state index in [0.717, 1.165) is 21.6 Å². The van der Waals surface area contributed by atoms with Gasteiger partial charge in [0.05, 0.1) is 32.2 Å². The second kappa shape index (κ2) is 30.6. The highest BCUT2D eigenvalue weighted by atomic mass is 33.1. The zero-order valence-corrected chi connectivity index (χ0v) is 42.6. The largest absolute Gasteiger partial charge is 0.494 e. The van der Waals surface area contributed by atoms with Crippen molar-refractivity contribution in [2.45, 2.75) is 127 Å². The van der Waals surface area contributed by atoms with Gasteiger partial charge in [0.25, 0.3) is 0 Å². The number of nitrogens with zero attached hydrogens (tertiary/aromatic N) is 1. The molecule has 0 aliphatic carbocycles. The number of carbonyl (C=O) groups is 11. The number of hydrogen-bond acceptors (Lipinski definition) is 16. The monoisotopic (exact) mass is 1050 g/mol. The van der Waals surface area contributed by atoms with E-state index in [-0.39, 0.29) is 56.7 Å². The Bertz CT molecular complexity index is 2090. The van der Waals surface area contributed by atoms with Crippen molar-refractivity contribution in [3.05, 3.63) is 29.8 Å². The van der Waals surface area contributed by atoms with Crippen molar-refractivity contribution in [3.8, 4) is 5.75 Å². The topological polar surface area (TPSA) is 395 Å². The van der Waals surface area contributed by atoms with Crippen LogP contribution in [0.5, 0.6) is 5.75 Å². The molecule has 15 N–H and O–H groups in total. The van der Waals surface area contributed by atoms with Gasteiger partial charge in [-0.2, -0.15) is 0 Å². The number of primary amides is 2. The minimum absolute atomic E-state index is 0.0135. The standard InChI is InChI=1S/C45H70N12O13S2/c1-5-24(3)37-43(67)56-38(25(4)58)44(68)53-30(20-33(47)59)40(64)54-31(23-72-71-18-15-35(61)51-29(41(65)55-37)19-26-11-13-27(14-12-26)70-6-2)45(69)57-17-8-10-32(57)42(66)52-28(9-7-16-46)39(63)50-22-36(62)49-21-34(48)60/h11-14,24-25,28-32,37-38,58H,5-10,15-23,46H2,1-4H3,(H2,47,59)(H2,48,60)(H,49,62)(H,50,63)(H,51,61)(H,52,66)(H,53,68)(H,54,64)(H,55,65)(H,56,67)/t24-,25+,28-,29+,30-,31-,32-,37-,38-/m0/s1. The second-order valence-electron chi connectivity index (χ2n) is 17.3. The molecule has 0 spiro atoms. The molecule has 3 rings (SSSR count). The van der Waals surface area contributed by atoms with Crippen LogP contribution in [0.2, 0.25) is 0 Å². The fourth-order valence-corrected chi connectivity index (χ4v) is 9.68. The molecule has 2 heterocycles. The van der Waals surface area contributed by atoms with Gasteiger partial charge in [-0.05, 0) is 69.7 Å². The maximum atomic E-state index is 14.5. The predicted octanol–water partition coefficient (Wildman–Crippen LogP) is -3.93. The van der Waals surface area contributed by atoms with Crippen molar-refractivity contribution >= 4 is 86.6 Å².